The van der Waals surface area contributed by atoms with Gasteiger partial charge in [0, 0.05) is 41.8 Å². The van der Waals surface area contributed by atoms with Gasteiger partial charge < -0.3 is 14.8 Å². The summed E-state index contributed by atoms with van der Waals surface area (Å²) in [6, 6.07) is 19.4. The molecule has 0 fully saturated rings. The van der Waals surface area contributed by atoms with E-state index >= 15 is 0 Å². The molecule has 36 heavy (non-hydrogen) atoms. The standard InChI is InChI=1S/C29H30ClN3O3/c1-17(2)23-14-22(15-25-27(23)36-29(4,5)35-25)31-28(34)33-16-24(19-10-12-21(30)13-11-19)26(32-33)20-8-6-18(3)7-9-20/h6-15,17,32H,16H2,1-5H3,(H,31,34). The van der Waals surface area contributed by atoms with Crippen LogP contribution in [0.1, 0.15) is 55.9 Å². The summed E-state index contributed by atoms with van der Waals surface area (Å²) in [5.74, 6) is 0.826. The summed E-state index contributed by atoms with van der Waals surface area (Å²) < 4.78 is 12.0. The lowest BCUT2D eigenvalue weighted by molar-refractivity contribution is -0.0435. The van der Waals surface area contributed by atoms with Crippen LogP contribution in [0.5, 0.6) is 11.5 Å². The molecule has 2 N–H and O–H groups in total. The molecule has 6 nitrogen and oxygen atoms in total. The number of hydrogen-bond donors (Lipinski definition) is 2. The van der Waals surface area contributed by atoms with E-state index in [2.05, 4.69) is 55.8 Å². The molecule has 0 bridgehead atoms. The predicted molar refractivity (Wildman–Crippen MR) is 144 cm³/mol. The first kappa shape index (κ1) is 24.1. The van der Waals surface area contributed by atoms with Crippen LogP contribution in [0.25, 0.3) is 11.3 Å². The first-order chi connectivity index (χ1) is 17.1. The third-order valence-electron chi connectivity index (χ3n) is 6.30. The van der Waals surface area contributed by atoms with Gasteiger partial charge in [0.05, 0.1) is 12.2 Å². The number of rotatable bonds is 4. The molecule has 2 heterocycles. The predicted octanol–water partition coefficient (Wildman–Crippen LogP) is 7.20. The number of nitrogens with zero attached hydrogens (tertiary/aromatic N) is 1. The molecule has 2 amide bonds. The fraction of sp³-hybridized carbons (Fsp3) is 0.276. The van der Waals surface area contributed by atoms with E-state index in [1.807, 2.05) is 50.2 Å². The molecule has 0 saturated carbocycles. The van der Waals surface area contributed by atoms with Gasteiger partial charge in [-0.15, -0.1) is 0 Å². The second-order valence-corrected chi connectivity index (χ2v) is 10.4. The van der Waals surface area contributed by atoms with Crippen molar-refractivity contribution in [3.8, 4) is 11.5 Å². The minimum absolute atomic E-state index is 0.198. The number of ether oxygens (including phenoxy) is 2. The van der Waals surface area contributed by atoms with E-state index in [-0.39, 0.29) is 11.9 Å². The highest BCUT2D eigenvalue weighted by molar-refractivity contribution is 6.30. The van der Waals surface area contributed by atoms with Crippen molar-refractivity contribution in [1.82, 2.24) is 10.4 Å². The van der Waals surface area contributed by atoms with Crippen molar-refractivity contribution < 1.29 is 14.3 Å². The van der Waals surface area contributed by atoms with Crippen LogP contribution in [0.3, 0.4) is 0 Å². The monoisotopic (exact) mass is 503 g/mol. The Balaban J connectivity index is 1.42. The number of anilines is 1. The smallest absolute Gasteiger partial charge is 0.340 e. The molecule has 7 heteroatoms. The summed E-state index contributed by atoms with van der Waals surface area (Å²) in [6.07, 6.45) is 0. The van der Waals surface area contributed by atoms with Crippen LogP contribution in [0.15, 0.2) is 60.7 Å². The summed E-state index contributed by atoms with van der Waals surface area (Å²) >= 11 is 6.13. The first-order valence-corrected chi connectivity index (χ1v) is 12.4. The highest BCUT2D eigenvalue weighted by atomic mass is 35.5. The van der Waals surface area contributed by atoms with Gasteiger partial charge in [0.1, 0.15) is 0 Å². The minimum atomic E-state index is -0.745. The van der Waals surface area contributed by atoms with Crippen molar-refractivity contribution >= 4 is 34.6 Å². The lowest BCUT2D eigenvalue weighted by Gasteiger charge is -2.20. The third kappa shape index (κ3) is 4.73. The Labute approximate surface area is 216 Å². The number of fused-ring (bicyclic) bond motifs is 1. The molecule has 3 aromatic carbocycles. The largest absolute Gasteiger partial charge is 0.449 e. The number of carbonyl (C=O) groups is 1. The van der Waals surface area contributed by atoms with Crippen molar-refractivity contribution in [3.63, 3.8) is 0 Å². The summed E-state index contributed by atoms with van der Waals surface area (Å²) in [5.41, 5.74) is 10.1. The number of halogens is 1. The molecule has 0 unspecified atom stereocenters. The van der Waals surface area contributed by atoms with Crippen LogP contribution >= 0.6 is 11.6 Å². The van der Waals surface area contributed by atoms with Crippen LogP contribution in [-0.2, 0) is 0 Å². The molecule has 186 valence electrons. The van der Waals surface area contributed by atoms with Gasteiger partial charge in [0.2, 0.25) is 5.79 Å². The number of carbonyl (C=O) groups excluding carboxylic acids is 1. The molecular formula is C29H30ClN3O3. The lowest BCUT2D eigenvalue weighted by Crippen LogP contribution is -2.40. The number of hydrogen-bond acceptors (Lipinski definition) is 4. The van der Waals surface area contributed by atoms with Crippen LogP contribution in [0.4, 0.5) is 10.5 Å². The number of amides is 2. The molecule has 0 spiro atoms. The number of benzene rings is 3. The molecule has 0 saturated heterocycles. The van der Waals surface area contributed by atoms with Crippen LogP contribution in [0, 0.1) is 6.92 Å². The summed E-state index contributed by atoms with van der Waals surface area (Å²) in [4.78, 5) is 13.4. The van der Waals surface area contributed by atoms with E-state index in [0.717, 1.165) is 33.7 Å². The van der Waals surface area contributed by atoms with E-state index < -0.39 is 5.79 Å². The summed E-state index contributed by atoms with van der Waals surface area (Å²) in [7, 11) is 0. The van der Waals surface area contributed by atoms with Gasteiger partial charge in [0.25, 0.3) is 0 Å². The Kier molecular flexibility index (Phi) is 6.08. The van der Waals surface area contributed by atoms with E-state index in [4.69, 9.17) is 21.1 Å². The average molecular weight is 504 g/mol. The maximum Gasteiger partial charge on any atom is 0.340 e. The van der Waals surface area contributed by atoms with Gasteiger partial charge in [-0.05, 0) is 42.2 Å². The molecule has 2 aliphatic heterocycles. The average Bonchev–Trinajstić information content (AvgIpc) is 3.39. The molecule has 0 atom stereocenters. The minimum Gasteiger partial charge on any atom is -0.449 e. The first-order valence-electron chi connectivity index (χ1n) is 12.1. The zero-order valence-corrected chi connectivity index (χ0v) is 21.9. The normalized spacial score (nSPS) is 15.9. The maximum atomic E-state index is 13.4. The molecule has 0 radical (unpaired) electrons. The summed E-state index contributed by atoms with van der Waals surface area (Å²) in [6.45, 7) is 10.4. The SMILES string of the molecule is Cc1ccc(C2=C(c3ccc(Cl)cc3)CN(C(=O)Nc3cc4c(c(C(C)C)c3)OC(C)(C)O4)N2)cc1. The van der Waals surface area contributed by atoms with E-state index in [9.17, 15) is 4.79 Å². The quantitative estimate of drug-likeness (QED) is 0.395. The maximum absolute atomic E-state index is 13.4. The van der Waals surface area contributed by atoms with E-state index in [0.29, 0.717) is 23.0 Å². The van der Waals surface area contributed by atoms with Gasteiger partial charge in [-0.1, -0.05) is 67.4 Å². The zero-order valence-electron chi connectivity index (χ0n) is 21.1. The Morgan fingerprint density at radius 1 is 1.03 bits per heavy atom. The summed E-state index contributed by atoms with van der Waals surface area (Å²) in [5, 5.41) is 5.30. The molecule has 3 aromatic rings. The van der Waals surface area contributed by atoms with E-state index in [1.165, 1.54) is 5.56 Å². The van der Waals surface area contributed by atoms with Crippen LogP contribution in [-0.4, -0.2) is 23.4 Å². The van der Waals surface area contributed by atoms with Gasteiger partial charge in [0.15, 0.2) is 11.5 Å². The molecule has 5 rings (SSSR count). The third-order valence-corrected chi connectivity index (χ3v) is 6.56. The highest BCUT2D eigenvalue weighted by Gasteiger charge is 2.35. The molecular weight excluding hydrogens is 474 g/mol. The van der Waals surface area contributed by atoms with Crippen molar-refractivity contribution in [2.75, 3.05) is 11.9 Å². The number of aryl methyl sites for hydroxylation is 1. The van der Waals surface area contributed by atoms with Crippen molar-refractivity contribution in [2.45, 2.75) is 46.3 Å². The topological polar surface area (TPSA) is 62.8 Å². The van der Waals surface area contributed by atoms with Crippen LogP contribution in [0.2, 0.25) is 5.02 Å². The van der Waals surface area contributed by atoms with Crippen molar-refractivity contribution in [1.29, 1.82) is 0 Å². The number of nitrogens with one attached hydrogen (secondary N) is 2. The van der Waals surface area contributed by atoms with Crippen molar-refractivity contribution in [3.05, 3.63) is 87.9 Å². The van der Waals surface area contributed by atoms with Crippen LogP contribution < -0.4 is 20.2 Å². The highest BCUT2D eigenvalue weighted by Crippen LogP contribution is 2.46. The fourth-order valence-corrected chi connectivity index (χ4v) is 4.61. The van der Waals surface area contributed by atoms with Crippen molar-refractivity contribution in [2.24, 2.45) is 0 Å². The van der Waals surface area contributed by atoms with Gasteiger partial charge in [-0.25, -0.2) is 9.80 Å². The Morgan fingerprint density at radius 3 is 2.36 bits per heavy atom. The fourth-order valence-electron chi connectivity index (χ4n) is 4.48. The number of urea groups is 1. The van der Waals surface area contributed by atoms with Gasteiger partial charge >= 0.3 is 6.03 Å². The second kappa shape index (κ2) is 9.10. The molecule has 0 aliphatic carbocycles. The lowest BCUT2D eigenvalue weighted by atomic mass is 10.00. The Morgan fingerprint density at radius 2 is 1.69 bits per heavy atom. The van der Waals surface area contributed by atoms with Gasteiger partial charge in [-0.2, -0.15) is 0 Å². The Bertz CT molecular complexity index is 1290. The number of hydrazine groups is 1. The van der Waals surface area contributed by atoms with E-state index in [1.54, 1.807) is 5.01 Å². The van der Waals surface area contributed by atoms with Gasteiger partial charge in [-0.3, -0.25) is 5.43 Å². The molecule has 0 aromatic heterocycles. The zero-order chi connectivity index (χ0) is 25.6. The second-order valence-electron chi connectivity index (χ2n) is 10.0. The molecule has 2 aliphatic rings. The Hall–Kier alpha value is -3.64.